The van der Waals surface area contributed by atoms with Gasteiger partial charge in [-0.1, -0.05) is 30.9 Å². The highest BCUT2D eigenvalue weighted by atomic mass is 35.5. The minimum Gasteiger partial charge on any atom is -0.476 e. The molecule has 0 aromatic carbocycles. The largest absolute Gasteiger partial charge is 0.476 e. The third-order valence-corrected chi connectivity index (χ3v) is 3.52. The van der Waals surface area contributed by atoms with Crippen LogP contribution in [0.5, 0.6) is 5.88 Å². The van der Waals surface area contributed by atoms with Gasteiger partial charge in [0.1, 0.15) is 11.1 Å². The topological polar surface area (TPSA) is 45.9 Å². The lowest BCUT2D eigenvalue weighted by molar-refractivity contribution is 0.203. The van der Waals surface area contributed by atoms with Crippen molar-refractivity contribution in [3.8, 4) is 11.9 Å². The Bertz CT molecular complexity index is 422. The molecule has 0 saturated heterocycles. The summed E-state index contributed by atoms with van der Waals surface area (Å²) < 4.78 is 5.62. The average molecular weight is 251 g/mol. The highest BCUT2D eigenvalue weighted by Crippen LogP contribution is 2.28. The maximum Gasteiger partial charge on any atom is 0.233 e. The molecule has 3 nitrogen and oxygen atoms in total. The molecule has 17 heavy (non-hydrogen) atoms. The molecule has 1 aromatic rings. The molecule has 1 heterocycles. The van der Waals surface area contributed by atoms with E-state index >= 15 is 0 Å². The SMILES string of the molecule is N#Cc1ccnc(OCC2CCCCC2)c1Cl. The van der Waals surface area contributed by atoms with E-state index in [9.17, 15) is 0 Å². The Morgan fingerprint density at radius 3 is 2.88 bits per heavy atom. The third kappa shape index (κ3) is 3.10. The van der Waals surface area contributed by atoms with Crippen LogP contribution in [-0.2, 0) is 0 Å². The maximum absolute atomic E-state index is 8.84. The molecule has 2 rings (SSSR count). The Balaban J connectivity index is 1.96. The molecular formula is C13H15ClN2O. The maximum atomic E-state index is 8.84. The van der Waals surface area contributed by atoms with Crippen molar-refractivity contribution < 1.29 is 4.74 Å². The normalized spacial score (nSPS) is 16.5. The summed E-state index contributed by atoms with van der Waals surface area (Å²) in [6, 6.07) is 3.61. The lowest BCUT2D eigenvalue weighted by atomic mass is 9.90. The van der Waals surface area contributed by atoms with Crippen LogP contribution in [0.25, 0.3) is 0 Å². The van der Waals surface area contributed by atoms with Gasteiger partial charge in [0, 0.05) is 6.20 Å². The molecule has 0 radical (unpaired) electrons. The zero-order valence-electron chi connectivity index (χ0n) is 9.66. The van der Waals surface area contributed by atoms with E-state index in [2.05, 4.69) is 4.98 Å². The molecule has 1 aromatic heterocycles. The Kier molecular flexibility index (Phi) is 4.22. The number of halogens is 1. The summed E-state index contributed by atoms with van der Waals surface area (Å²) in [7, 11) is 0. The highest BCUT2D eigenvalue weighted by Gasteiger charge is 2.15. The van der Waals surface area contributed by atoms with E-state index in [1.165, 1.54) is 32.1 Å². The van der Waals surface area contributed by atoms with Gasteiger partial charge in [-0.15, -0.1) is 0 Å². The number of rotatable bonds is 3. The Hall–Kier alpha value is -1.27. The fourth-order valence-corrected chi connectivity index (χ4v) is 2.37. The molecule has 1 saturated carbocycles. The fourth-order valence-electron chi connectivity index (χ4n) is 2.16. The first kappa shape index (κ1) is 12.2. The highest BCUT2D eigenvalue weighted by molar-refractivity contribution is 6.32. The molecule has 0 spiro atoms. The smallest absolute Gasteiger partial charge is 0.233 e. The molecule has 1 fully saturated rings. The summed E-state index contributed by atoms with van der Waals surface area (Å²) in [6.07, 6.45) is 7.89. The second-order valence-electron chi connectivity index (χ2n) is 4.40. The van der Waals surface area contributed by atoms with Crippen molar-refractivity contribution in [2.75, 3.05) is 6.61 Å². The van der Waals surface area contributed by atoms with Gasteiger partial charge in [-0.3, -0.25) is 0 Å². The monoisotopic (exact) mass is 250 g/mol. The third-order valence-electron chi connectivity index (χ3n) is 3.16. The van der Waals surface area contributed by atoms with Gasteiger partial charge in [-0.05, 0) is 24.8 Å². The zero-order chi connectivity index (χ0) is 12.1. The lowest BCUT2D eigenvalue weighted by Gasteiger charge is -2.21. The van der Waals surface area contributed by atoms with Gasteiger partial charge >= 0.3 is 0 Å². The van der Waals surface area contributed by atoms with Crippen LogP contribution in [0.3, 0.4) is 0 Å². The van der Waals surface area contributed by atoms with Crippen LogP contribution in [0.4, 0.5) is 0 Å². The van der Waals surface area contributed by atoms with E-state index in [1.807, 2.05) is 6.07 Å². The number of hydrogen-bond acceptors (Lipinski definition) is 3. The summed E-state index contributed by atoms with van der Waals surface area (Å²) >= 11 is 6.02. The quantitative estimate of drug-likeness (QED) is 0.824. The molecule has 0 N–H and O–H groups in total. The van der Waals surface area contributed by atoms with Crippen LogP contribution in [0.15, 0.2) is 12.3 Å². The molecule has 1 aliphatic rings. The fraction of sp³-hybridized carbons (Fsp3) is 0.538. The molecule has 0 unspecified atom stereocenters. The summed E-state index contributed by atoms with van der Waals surface area (Å²) in [6.45, 7) is 0.654. The van der Waals surface area contributed by atoms with Crippen molar-refractivity contribution in [2.45, 2.75) is 32.1 Å². The van der Waals surface area contributed by atoms with Crippen molar-refractivity contribution in [3.63, 3.8) is 0 Å². The molecule has 0 bridgehead atoms. The van der Waals surface area contributed by atoms with Gasteiger partial charge in [-0.2, -0.15) is 5.26 Å². The van der Waals surface area contributed by atoms with Crippen molar-refractivity contribution in [2.24, 2.45) is 5.92 Å². The zero-order valence-corrected chi connectivity index (χ0v) is 10.4. The van der Waals surface area contributed by atoms with Gasteiger partial charge in [0.2, 0.25) is 5.88 Å². The molecule has 0 atom stereocenters. The van der Waals surface area contributed by atoms with Gasteiger partial charge in [0.05, 0.1) is 12.2 Å². The summed E-state index contributed by atoms with van der Waals surface area (Å²) in [5.74, 6) is 0.989. The van der Waals surface area contributed by atoms with Crippen LogP contribution < -0.4 is 4.74 Å². The van der Waals surface area contributed by atoms with Gasteiger partial charge < -0.3 is 4.74 Å². The predicted octanol–water partition coefficient (Wildman–Crippen LogP) is 3.57. The Morgan fingerprint density at radius 2 is 2.18 bits per heavy atom. The Labute approximate surface area is 106 Å². The first-order chi connectivity index (χ1) is 8.31. The number of aromatic nitrogens is 1. The number of nitrogens with zero attached hydrogens (tertiary/aromatic N) is 2. The summed E-state index contributed by atoms with van der Waals surface area (Å²) in [5, 5.41) is 9.17. The van der Waals surface area contributed by atoms with E-state index in [0.29, 0.717) is 29.0 Å². The van der Waals surface area contributed by atoms with E-state index < -0.39 is 0 Å². The molecule has 90 valence electrons. The molecule has 0 amide bonds. The lowest BCUT2D eigenvalue weighted by Crippen LogP contribution is -2.15. The Morgan fingerprint density at radius 1 is 1.41 bits per heavy atom. The van der Waals surface area contributed by atoms with Crippen LogP contribution in [0, 0.1) is 17.2 Å². The summed E-state index contributed by atoms with van der Waals surface area (Å²) in [5.41, 5.74) is 0.417. The number of pyridine rings is 1. The van der Waals surface area contributed by atoms with Gasteiger partial charge in [0.25, 0.3) is 0 Å². The van der Waals surface area contributed by atoms with E-state index in [1.54, 1.807) is 12.3 Å². The van der Waals surface area contributed by atoms with Gasteiger partial charge in [0.15, 0.2) is 0 Å². The number of nitriles is 1. The second kappa shape index (κ2) is 5.88. The van der Waals surface area contributed by atoms with Crippen LogP contribution in [0.1, 0.15) is 37.7 Å². The number of ether oxygens (including phenoxy) is 1. The van der Waals surface area contributed by atoms with Crippen LogP contribution >= 0.6 is 11.6 Å². The van der Waals surface area contributed by atoms with Crippen molar-refractivity contribution >= 4 is 11.6 Å². The standard InChI is InChI=1S/C13H15ClN2O/c14-12-11(8-15)6-7-16-13(12)17-9-10-4-2-1-3-5-10/h6-7,10H,1-5,9H2. The number of hydrogen-bond donors (Lipinski definition) is 0. The van der Waals surface area contributed by atoms with Crippen molar-refractivity contribution in [1.82, 2.24) is 4.98 Å². The van der Waals surface area contributed by atoms with Crippen molar-refractivity contribution in [3.05, 3.63) is 22.8 Å². The van der Waals surface area contributed by atoms with E-state index in [-0.39, 0.29) is 0 Å². The molecular weight excluding hydrogens is 236 g/mol. The second-order valence-corrected chi connectivity index (χ2v) is 4.78. The summed E-state index contributed by atoms with van der Waals surface area (Å²) in [4.78, 5) is 4.07. The van der Waals surface area contributed by atoms with Crippen LogP contribution in [-0.4, -0.2) is 11.6 Å². The first-order valence-corrected chi connectivity index (χ1v) is 6.36. The molecule has 4 heteroatoms. The van der Waals surface area contributed by atoms with E-state index in [0.717, 1.165) is 0 Å². The van der Waals surface area contributed by atoms with E-state index in [4.69, 9.17) is 21.6 Å². The van der Waals surface area contributed by atoms with Crippen molar-refractivity contribution in [1.29, 1.82) is 5.26 Å². The van der Waals surface area contributed by atoms with Gasteiger partial charge in [-0.25, -0.2) is 4.98 Å². The van der Waals surface area contributed by atoms with Crippen LogP contribution in [0.2, 0.25) is 5.02 Å². The average Bonchev–Trinajstić information content (AvgIpc) is 2.39. The minimum absolute atomic E-state index is 0.325. The molecule has 0 aliphatic heterocycles. The minimum atomic E-state index is 0.325. The predicted molar refractivity (Wildman–Crippen MR) is 66.0 cm³/mol. The first-order valence-electron chi connectivity index (χ1n) is 5.98. The molecule has 1 aliphatic carbocycles.